The third kappa shape index (κ3) is 3.95. The second-order valence-electron chi connectivity index (χ2n) is 5.92. The van der Waals surface area contributed by atoms with Crippen LogP contribution in [-0.2, 0) is 18.4 Å². The smallest absolute Gasteiger partial charge is 0.241 e. The highest BCUT2D eigenvalue weighted by Crippen LogP contribution is 2.17. The Hall–Kier alpha value is -2.14. The summed E-state index contributed by atoms with van der Waals surface area (Å²) < 4.78 is 1.77. The average Bonchev–Trinajstić information content (AvgIpc) is 2.87. The van der Waals surface area contributed by atoms with Gasteiger partial charge < -0.3 is 5.32 Å². The number of nitrogens with one attached hydrogen (secondary N) is 1. The molecule has 0 aliphatic heterocycles. The van der Waals surface area contributed by atoms with Crippen molar-refractivity contribution in [3.8, 4) is 0 Å². The van der Waals surface area contributed by atoms with Gasteiger partial charge in [-0.1, -0.05) is 12.1 Å². The molecule has 1 atom stereocenters. The van der Waals surface area contributed by atoms with Crippen LogP contribution >= 0.6 is 0 Å². The second-order valence-corrected chi connectivity index (χ2v) is 5.92. The number of anilines is 1. The number of hydrogen-bond acceptors (Lipinski definition) is 3. The lowest BCUT2D eigenvalue weighted by Crippen LogP contribution is -2.39. The fourth-order valence-corrected chi connectivity index (χ4v) is 2.29. The maximum absolute atomic E-state index is 12.4. The van der Waals surface area contributed by atoms with Crippen LogP contribution in [0.15, 0.2) is 30.6 Å². The quantitative estimate of drug-likeness (QED) is 0.923. The van der Waals surface area contributed by atoms with Crippen LogP contribution in [0, 0.1) is 13.8 Å². The third-order valence-electron chi connectivity index (χ3n) is 3.88. The number of benzene rings is 1. The first-order chi connectivity index (χ1) is 10.4. The molecule has 5 heteroatoms. The molecule has 0 aliphatic rings. The molecule has 0 saturated heterocycles. The number of likely N-dealkylation sites (N-methyl/N-ethyl adjacent to an activating group) is 1. The van der Waals surface area contributed by atoms with Crippen molar-refractivity contribution >= 4 is 11.6 Å². The molecule has 1 N–H and O–H groups in total. The molecule has 5 nitrogen and oxygen atoms in total. The summed E-state index contributed by atoms with van der Waals surface area (Å²) in [6.45, 7) is 6.62. The largest absolute Gasteiger partial charge is 0.324 e. The van der Waals surface area contributed by atoms with E-state index in [1.54, 1.807) is 4.68 Å². The first-order valence-electron chi connectivity index (χ1n) is 7.42. The maximum Gasteiger partial charge on any atom is 0.241 e. The topological polar surface area (TPSA) is 50.2 Å². The molecule has 0 bridgehead atoms. The van der Waals surface area contributed by atoms with E-state index in [4.69, 9.17) is 0 Å². The van der Waals surface area contributed by atoms with Gasteiger partial charge in [0, 0.05) is 31.0 Å². The van der Waals surface area contributed by atoms with Gasteiger partial charge >= 0.3 is 0 Å². The molecule has 1 unspecified atom stereocenters. The Bertz CT molecular complexity index is 662. The maximum atomic E-state index is 12.4. The molecule has 0 saturated carbocycles. The predicted octanol–water partition coefficient (Wildman–Crippen LogP) is 2.50. The van der Waals surface area contributed by atoms with Gasteiger partial charge in [-0.05, 0) is 45.0 Å². The number of rotatable bonds is 5. The highest BCUT2D eigenvalue weighted by atomic mass is 16.2. The Morgan fingerprint density at radius 2 is 2.14 bits per heavy atom. The summed E-state index contributed by atoms with van der Waals surface area (Å²) in [4.78, 5) is 14.5. The van der Waals surface area contributed by atoms with Crippen molar-refractivity contribution in [2.45, 2.75) is 33.4 Å². The van der Waals surface area contributed by atoms with Gasteiger partial charge in [0.1, 0.15) is 0 Å². The highest BCUT2D eigenvalue weighted by molar-refractivity contribution is 5.95. The third-order valence-corrected chi connectivity index (χ3v) is 3.88. The van der Waals surface area contributed by atoms with Crippen LogP contribution in [0.25, 0.3) is 0 Å². The van der Waals surface area contributed by atoms with Crippen LogP contribution < -0.4 is 5.32 Å². The van der Waals surface area contributed by atoms with Crippen LogP contribution in [0.5, 0.6) is 0 Å². The zero-order valence-electron chi connectivity index (χ0n) is 13.9. The van der Waals surface area contributed by atoms with Crippen molar-refractivity contribution in [2.75, 3.05) is 12.4 Å². The van der Waals surface area contributed by atoms with Gasteiger partial charge in [0.25, 0.3) is 0 Å². The van der Waals surface area contributed by atoms with Gasteiger partial charge in [0.15, 0.2) is 0 Å². The Kier molecular flexibility index (Phi) is 4.98. The van der Waals surface area contributed by atoms with E-state index in [1.165, 1.54) is 0 Å². The summed E-state index contributed by atoms with van der Waals surface area (Å²) in [6.07, 6.45) is 3.79. The van der Waals surface area contributed by atoms with Crippen molar-refractivity contribution < 1.29 is 4.79 Å². The molecule has 118 valence electrons. The molecule has 2 rings (SSSR count). The zero-order chi connectivity index (χ0) is 16.3. The van der Waals surface area contributed by atoms with Crippen molar-refractivity contribution in [2.24, 2.45) is 7.05 Å². The molecule has 1 heterocycles. The lowest BCUT2D eigenvalue weighted by atomic mass is 10.1. The van der Waals surface area contributed by atoms with Gasteiger partial charge in [-0.3, -0.25) is 14.4 Å². The standard InChI is InChI=1S/C17H24N4O/c1-12-6-7-13(2)16(8-12)19-17(22)14(3)20(4)10-15-9-18-21(5)11-15/h6-9,11,14H,10H2,1-5H3,(H,19,22). The fraction of sp³-hybridized carbons (Fsp3) is 0.412. The minimum Gasteiger partial charge on any atom is -0.324 e. The Morgan fingerprint density at radius 3 is 2.77 bits per heavy atom. The van der Waals surface area contributed by atoms with Crippen molar-refractivity contribution in [3.63, 3.8) is 0 Å². The fourth-order valence-electron chi connectivity index (χ4n) is 2.29. The number of carbonyl (C=O) groups is 1. The van der Waals surface area contributed by atoms with Gasteiger partial charge in [0.2, 0.25) is 5.91 Å². The molecule has 0 aliphatic carbocycles. The molecule has 1 amide bonds. The van der Waals surface area contributed by atoms with Gasteiger partial charge in [-0.15, -0.1) is 0 Å². The molecule has 22 heavy (non-hydrogen) atoms. The summed E-state index contributed by atoms with van der Waals surface area (Å²) in [5.74, 6) is 0.0000836. The van der Waals surface area contributed by atoms with Crippen LogP contribution in [0.1, 0.15) is 23.6 Å². The van der Waals surface area contributed by atoms with Gasteiger partial charge in [0.05, 0.1) is 12.2 Å². The summed E-state index contributed by atoms with van der Waals surface area (Å²) >= 11 is 0. The molecular formula is C17H24N4O. The number of aryl methyl sites for hydroxylation is 3. The molecule has 1 aromatic heterocycles. The van der Waals surface area contributed by atoms with E-state index >= 15 is 0 Å². The Morgan fingerprint density at radius 1 is 1.41 bits per heavy atom. The summed E-state index contributed by atoms with van der Waals surface area (Å²) in [5, 5.41) is 7.17. The first kappa shape index (κ1) is 16.2. The van der Waals surface area contributed by atoms with Crippen molar-refractivity contribution in [1.29, 1.82) is 0 Å². The van der Waals surface area contributed by atoms with E-state index in [2.05, 4.69) is 10.4 Å². The molecular weight excluding hydrogens is 276 g/mol. The van der Waals surface area contributed by atoms with E-state index in [9.17, 15) is 4.79 Å². The highest BCUT2D eigenvalue weighted by Gasteiger charge is 2.19. The van der Waals surface area contributed by atoms with Crippen LogP contribution in [0.3, 0.4) is 0 Å². The molecule has 0 spiro atoms. The normalized spacial score (nSPS) is 12.5. The Labute approximate surface area is 131 Å². The van der Waals surface area contributed by atoms with Crippen molar-refractivity contribution in [1.82, 2.24) is 14.7 Å². The van der Waals surface area contributed by atoms with E-state index in [-0.39, 0.29) is 11.9 Å². The van der Waals surface area contributed by atoms with Gasteiger partial charge in [-0.2, -0.15) is 5.10 Å². The van der Waals surface area contributed by atoms with Crippen LogP contribution in [0.2, 0.25) is 0 Å². The summed E-state index contributed by atoms with van der Waals surface area (Å²) in [7, 11) is 3.83. The van der Waals surface area contributed by atoms with E-state index in [0.29, 0.717) is 6.54 Å². The minimum atomic E-state index is -0.222. The lowest BCUT2D eigenvalue weighted by Gasteiger charge is -2.23. The van der Waals surface area contributed by atoms with E-state index in [1.807, 2.05) is 70.4 Å². The number of carbonyl (C=O) groups excluding carboxylic acids is 1. The first-order valence-corrected chi connectivity index (χ1v) is 7.42. The summed E-state index contributed by atoms with van der Waals surface area (Å²) in [6, 6.07) is 5.85. The second kappa shape index (κ2) is 6.75. The monoisotopic (exact) mass is 300 g/mol. The average molecular weight is 300 g/mol. The SMILES string of the molecule is Cc1ccc(C)c(NC(=O)C(C)N(C)Cc2cnn(C)c2)c1. The zero-order valence-corrected chi connectivity index (χ0v) is 13.9. The van der Waals surface area contributed by atoms with Gasteiger partial charge in [-0.25, -0.2) is 0 Å². The molecule has 0 fully saturated rings. The minimum absolute atomic E-state index is 0.0000836. The molecule has 1 aromatic carbocycles. The number of nitrogens with zero attached hydrogens (tertiary/aromatic N) is 3. The number of aromatic nitrogens is 2. The van der Waals surface area contributed by atoms with Crippen LogP contribution in [-0.4, -0.2) is 33.7 Å². The Balaban J connectivity index is 2.00. The molecule has 2 aromatic rings. The van der Waals surface area contributed by atoms with E-state index in [0.717, 1.165) is 22.4 Å². The van der Waals surface area contributed by atoms with E-state index < -0.39 is 0 Å². The predicted molar refractivity (Wildman–Crippen MR) is 88.7 cm³/mol. The number of amides is 1. The summed E-state index contributed by atoms with van der Waals surface area (Å²) in [5.41, 5.74) is 4.18. The van der Waals surface area contributed by atoms with Crippen LogP contribution in [0.4, 0.5) is 5.69 Å². The van der Waals surface area contributed by atoms with Crippen molar-refractivity contribution in [3.05, 3.63) is 47.3 Å². The lowest BCUT2D eigenvalue weighted by molar-refractivity contribution is -0.120. The number of hydrogen-bond donors (Lipinski definition) is 1. The molecule has 0 radical (unpaired) electrons.